The average Bonchev–Trinajstić information content (AvgIpc) is 2.23. The van der Waals surface area contributed by atoms with Crippen LogP contribution in [0, 0.1) is 0 Å². The summed E-state index contributed by atoms with van der Waals surface area (Å²) < 4.78 is 0. The van der Waals surface area contributed by atoms with E-state index in [-0.39, 0.29) is 11.2 Å². The molecule has 1 heterocycles. The van der Waals surface area contributed by atoms with Crippen molar-refractivity contribution in [1.82, 2.24) is 15.3 Å². The number of hydrogen-bond donors (Lipinski definition) is 2. The van der Waals surface area contributed by atoms with Crippen LogP contribution in [0.3, 0.4) is 0 Å². The highest BCUT2D eigenvalue weighted by Crippen LogP contribution is 2.21. The first-order chi connectivity index (χ1) is 8.00. The second kappa shape index (κ2) is 6.24. The number of rotatable bonds is 5. The highest BCUT2D eigenvalue weighted by atomic mass is 35.5. The fourth-order valence-corrected chi connectivity index (χ4v) is 1.36. The van der Waals surface area contributed by atoms with Crippen LogP contribution in [0.5, 0.6) is 0 Å². The molecular weight excluding hydrogens is 242 g/mol. The summed E-state index contributed by atoms with van der Waals surface area (Å²) in [5.74, 6) is 0.598. The minimum absolute atomic E-state index is 0.0552. The summed E-state index contributed by atoms with van der Waals surface area (Å²) >= 11 is 5.73. The molecular formula is C10H16ClN5O. The molecule has 6 nitrogen and oxygen atoms in total. The maximum Gasteiger partial charge on any atom is 0.224 e. The summed E-state index contributed by atoms with van der Waals surface area (Å²) in [6.07, 6.45) is 1.65. The van der Waals surface area contributed by atoms with Crippen LogP contribution in [-0.4, -0.2) is 43.1 Å². The van der Waals surface area contributed by atoms with E-state index >= 15 is 0 Å². The molecule has 1 aromatic rings. The Bertz CT molecular complexity index is 396. The number of hydrogen-bond acceptors (Lipinski definition) is 5. The molecule has 0 radical (unpaired) electrons. The van der Waals surface area contributed by atoms with Gasteiger partial charge in [0, 0.05) is 34.1 Å². The number of nitrogens with one attached hydrogen (secondary N) is 2. The summed E-state index contributed by atoms with van der Waals surface area (Å²) in [7, 11) is 3.79. The Morgan fingerprint density at radius 3 is 2.76 bits per heavy atom. The summed E-state index contributed by atoms with van der Waals surface area (Å²) in [5, 5.41) is 5.98. The maximum atomic E-state index is 10.7. The first kappa shape index (κ1) is 13.5. The van der Waals surface area contributed by atoms with Gasteiger partial charge >= 0.3 is 0 Å². The molecule has 0 fully saturated rings. The standard InChI is InChI=1S/C10H16ClN5O/c1-7(17)12-4-5-13-9-8(16(2)3)6-14-10(11)15-9/h6H,4-5H2,1-3H3,(H,12,17)(H,13,14,15). The highest BCUT2D eigenvalue weighted by Gasteiger charge is 2.07. The van der Waals surface area contributed by atoms with E-state index in [1.807, 2.05) is 19.0 Å². The van der Waals surface area contributed by atoms with E-state index in [1.165, 1.54) is 6.92 Å². The fraction of sp³-hybridized carbons (Fsp3) is 0.500. The Kier molecular flexibility index (Phi) is 4.96. The predicted molar refractivity (Wildman–Crippen MR) is 68.5 cm³/mol. The number of carbonyl (C=O) groups is 1. The van der Waals surface area contributed by atoms with Gasteiger partial charge in [-0.2, -0.15) is 4.98 Å². The molecule has 0 aliphatic heterocycles. The van der Waals surface area contributed by atoms with Crippen LogP contribution in [-0.2, 0) is 4.79 Å². The number of aromatic nitrogens is 2. The van der Waals surface area contributed by atoms with Crippen molar-refractivity contribution < 1.29 is 4.79 Å². The van der Waals surface area contributed by atoms with Gasteiger partial charge in [0.25, 0.3) is 0 Å². The van der Waals surface area contributed by atoms with Gasteiger partial charge in [-0.15, -0.1) is 0 Å². The van der Waals surface area contributed by atoms with Gasteiger partial charge in [-0.3, -0.25) is 4.79 Å². The van der Waals surface area contributed by atoms with E-state index in [2.05, 4.69) is 20.6 Å². The second-order valence-electron chi connectivity index (χ2n) is 3.68. The Balaban J connectivity index is 2.62. The van der Waals surface area contributed by atoms with Crippen LogP contribution in [0.25, 0.3) is 0 Å². The molecule has 0 saturated heterocycles. The van der Waals surface area contributed by atoms with Gasteiger partial charge in [-0.25, -0.2) is 4.98 Å². The molecule has 0 bridgehead atoms. The normalized spacial score (nSPS) is 9.88. The summed E-state index contributed by atoms with van der Waals surface area (Å²) in [6.45, 7) is 2.59. The molecule has 0 aliphatic rings. The zero-order valence-electron chi connectivity index (χ0n) is 10.1. The molecule has 0 atom stereocenters. The van der Waals surface area contributed by atoms with E-state index in [4.69, 9.17) is 11.6 Å². The third-order valence-corrected chi connectivity index (χ3v) is 2.20. The molecule has 0 aliphatic carbocycles. The number of halogens is 1. The molecule has 1 aromatic heterocycles. The van der Waals surface area contributed by atoms with E-state index in [1.54, 1.807) is 6.20 Å². The molecule has 0 spiro atoms. The Morgan fingerprint density at radius 2 is 2.18 bits per heavy atom. The Labute approximate surface area is 105 Å². The lowest BCUT2D eigenvalue weighted by atomic mass is 10.4. The van der Waals surface area contributed by atoms with Crippen molar-refractivity contribution >= 4 is 29.0 Å². The first-order valence-corrected chi connectivity index (χ1v) is 5.56. The van der Waals surface area contributed by atoms with E-state index in [9.17, 15) is 4.79 Å². The summed E-state index contributed by atoms with van der Waals surface area (Å²) in [5.41, 5.74) is 0.845. The van der Waals surface area contributed by atoms with Gasteiger partial charge in [-0.1, -0.05) is 0 Å². The zero-order valence-corrected chi connectivity index (χ0v) is 10.9. The van der Waals surface area contributed by atoms with Gasteiger partial charge in [-0.05, 0) is 11.6 Å². The molecule has 0 unspecified atom stereocenters. The van der Waals surface area contributed by atoms with Gasteiger partial charge in [0.15, 0.2) is 5.82 Å². The van der Waals surface area contributed by atoms with Crippen molar-refractivity contribution in [2.24, 2.45) is 0 Å². The van der Waals surface area contributed by atoms with E-state index in [0.717, 1.165) is 5.69 Å². The molecule has 1 amide bonds. The van der Waals surface area contributed by atoms with Crippen molar-refractivity contribution in [3.05, 3.63) is 11.5 Å². The van der Waals surface area contributed by atoms with Gasteiger partial charge in [0.05, 0.1) is 11.9 Å². The van der Waals surface area contributed by atoms with E-state index < -0.39 is 0 Å². The van der Waals surface area contributed by atoms with Crippen LogP contribution in [0.2, 0.25) is 5.28 Å². The lowest BCUT2D eigenvalue weighted by Crippen LogP contribution is -2.27. The van der Waals surface area contributed by atoms with Crippen LogP contribution in [0.1, 0.15) is 6.92 Å². The molecule has 0 saturated carbocycles. The monoisotopic (exact) mass is 257 g/mol. The molecule has 94 valence electrons. The van der Waals surface area contributed by atoms with Gasteiger partial charge < -0.3 is 15.5 Å². The van der Waals surface area contributed by atoms with Crippen LogP contribution >= 0.6 is 11.6 Å². The number of anilines is 2. The van der Waals surface area contributed by atoms with E-state index in [0.29, 0.717) is 18.9 Å². The lowest BCUT2D eigenvalue weighted by molar-refractivity contribution is -0.118. The number of carbonyl (C=O) groups excluding carboxylic acids is 1. The Hall–Kier alpha value is -1.56. The number of nitrogens with zero attached hydrogens (tertiary/aromatic N) is 3. The molecule has 2 N–H and O–H groups in total. The fourth-order valence-electron chi connectivity index (χ4n) is 1.23. The average molecular weight is 258 g/mol. The van der Waals surface area contributed by atoms with Crippen molar-refractivity contribution in [1.29, 1.82) is 0 Å². The first-order valence-electron chi connectivity index (χ1n) is 5.19. The molecule has 17 heavy (non-hydrogen) atoms. The van der Waals surface area contributed by atoms with Crippen LogP contribution in [0.15, 0.2) is 6.20 Å². The minimum atomic E-state index is -0.0552. The summed E-state index contributed by atoms with van der Waals surface area (Å²) in [6, 6.07) is 0. The topological polar surface area (TPSA) is 70.1 Å². The predicted octanol–water partition coefficient (Wildman–Crippen LogP) is 0.744. The largest absolute Gasteiger partial charge is 0.373 e. The quantitative estimate of drug-likeness (QED) is 0.602. The lowest BCUT2D eigenvalue weighted by Gasteiger charge is -2.17. The highest BCUT2D eigenvalue weighted by molar-refractivity contribution is 6.28. The smallest absolute Gasteiger partial charge is 0.224 e. The van der Waals surface area contributed by atoms with Crippen molar-refractivity contribution in [3.8, 4) is 0 Å². The van der Waals surface area contributed by atoms with Crippen LogP contribution < -0.4 is 15.5 Å². The summed E-state index contributed by atoms with van der Waals surface area (Å²) in [4.78, 5) is 20.6. The maximum absolute atomic E-state index is 10.7. The van der Waals surface area contributed by atoms with Gasteiger partial charge in [0.2, 0.25) is 11.2 Å². The van der Waals surface area contributed by atoms with Crippen molar-refractivity contribution in [2.75, 3.05) is 37.4 Å². The zero-order chi connectivity index (χ0) is 12.8. The van der Waals surface area contributed by atoms with Crippen molar-refractivity contribution in [2.45, 2.75) is 6.92 Å². The minimum Gasteiger partial charge on any atom is -0.373 e. The molecule has 7 heteroatoms. The van der Waals surface area contributed by atoms with Crippen molar-refractivity contribution in [3.63, 3.8) is 0 Å². The van der Waals surface area contributed by atoms with Crippen LogP contribution in [0.4, 0.5) is 11.5 Å². The van der Waals surface area contributed by atoms with Gasteiger partial charge in [0.1, 0.15) is 0 Å². The SMILES string of the molecule is CC(=O)NCCNc1nc(Cl)ncc1N(C)C. The second-order valence-corrected chi connectivity index (χ2v) is 4.02. The number of amides is 1. The Morgan fingerprint density at radius 1 is 1.47 bits per heavy atom. The molecule has 1 rings (SSSR count). The third-order valence-electron chi connectivity index (χ3n) is 2.01. The third kappa shape index (κ3) is 4.44. The molecule has 0 aromatic carbocycles.